The molecule has 158 valence electrons. The number of benzene rings is 4. The van der Waals surface area contributed by atoms with E-state index in [-0.39, 0.29) is 0 Å². The molecule has 3 nitrogen and oxygen atoms in total. The molecule has 0 saturated carbocycles. The van der Waals surface area contributed by atoms with Crippen LogP contribution in [0.2, 0.25) is 0 Å². The fraction of sp³-hybridized carbons (Fsp3) is 0.143. The predicted molar refractivity (Wildman–Crippen MR) is 129 cm³/mol. The quantitative estimate of drug-likeness (QED) is 0.403. The van der Waals surface area contributed by atoms with E-state index in [9.17, 15) is 8.42 Å². The van der Waals surface area contributed by atoms with Crippen molar-refractivity contribution in [3.05, 3.63) is 119 Å². The fourth-order valence-corrected chi connectivity index (χ4v) is 6.98. The van der Waals surface area contributed by atoms with Crippen molar-refractivity contribution in [2.45, 2.75) is 23.7 Å². The van der Waals surface area contributed by atoms with Gasteiger partial charge in [-0.1, -0.05) is 84.4 Å². The number of hydrogen-bond donors (Lipinski definition) is 0. The Labute approximate surface area is 189 Å². The van der Waals surface area contributed by atoms with Gasteiger partial charge in [-0.25, -0.2) is 8.42 Å². The number of fused-ring (bicyclic) bond motifs is 6. The van der Waals surface area contributed by atoms with Crippen LogP contribution in [0.25, 0.3) is 11.1 Å². The lowest BCUT2D eigenvalue weighted by Crippen LogP contribution is -2.41. The van der Waals surface area contributed by atoms with Crippen molar-refractivity contribution < 1.29 is 8.42 Å². The minimum atomic E-state index is -3.69. The third-order valence-electron chi connectivity index (χ3n) is 6.95. The zero-order valence-electron chi connectivity index (χ0n) is 17.8. The number of para-hydroxylation sites is 1. The van der Waals surface area contributed by atoms with Crippen LogP contribution in [0.15, 0.2) is 102 Å². The maximum atomic E-state index is 13.8. The molecule has 1 spiro atoms. The second-order valence-electron chi connectivity index (χ2n) is 8.80. The van der Waals surface area contributed by atoms with E-state index in [1.54, 1.807) is 16.4 Å². The summed E-state index contributed by atoms with van der Waals surface area (Å²) in [7, 11) is -3.69. The van der Waals surface area contributed by atoms with E-state index in [0.29, 0.717) is 11.4 Å². The lowest BCUT2D eigenvalue weighted by atomic mass is 9.65. The summed E-state index contributed by atoms with van der Waals surface area (Å²) >= 11 is 0. The van der Waals surface area contributed by atoms with Gasteiger partial charge in [0, 0.05) is 12.0 Å². The molecule has 1 heterocycles. The Kier molecular flexibility index (Phi) is 4.11. The van der Waals surface area contributed by atoms with Gasteiger partial charge >= 0.3 is 0 Å². The third kappa shape index (κ3) is 2.63. The van der Waals surface area contributed by atoms with Crippen molar-refractivity contribution in [3.8, 4) is 11.1 Å². The number of anilines is 1. The van der Waals surface area contributed by atoms with Crippen molar-refractivity contribution in [2.24, 2.45) is 0 Å². The first kappa shape index (κ1) is 19.3. The molecular weight excluding hydrogens is 414 g/mol. The molecular formula is C28H23NO2S. The molecule has 2 aliphatic rings. The molecule has 32 heavy (non-hydrogen) atoms. The van der Waals surface area contributed by atoms with Gasteiger partial charge in [-0.3, -0.25) is 4.31 Å². The highest BCUT2D eigenvalue weighted by atomic mass is 32.2. The van der Waals surface area contributed by atoms with Gasteiger partial charge in [0.05, 0.1) is 10.6 Å². The first-order valence-corrected chi connectivity index (χ1v) is 12.3. The van der Waals surface area contributed by atoms with Crippen LogP contribution in [-0.4, -0.2) is 15.0 Å². The van der Waals surface area contributed by atoms with Crippen molar-refractivity contribution >= 4 is 15.7 Å². The summed E-state index contributed by atoms with van der Waals surface area (Å²) in [5.74, 6) is 0. The fourth-order valence-electron chi connectivity index (χ4n) is 5.44. The molecule has 0 N–H and O–H groups in total. The molecule has 1 unspecified atom stereocenters. The van der Waals surface area contributed by atoms with Gasteiger partial charge in [0.15, 0.2) is 0 Å². The Morgan fingerprint density at radius 3 is 2.12 bits per heavy atom. The van der Waals surface area contributed by atoms with Crippen LogP contribution in [0, 0.1) is 6.92 Å². The summed E-state index contributed by atoms with van der Waals surface area (Å²) in [5, 5.41) is 0. The van der Waals surface area contributed by atoms with Crippen molar-refractivity contribution in [3.63, 3.8) is 0 Å². The van der Waals surface area contributed by atoms with Crippen LogP contribution in [0.3, 0.4) is 0 Å². The summed E-state index contributed by atoms with van der Waals surface area (Å²) in [5.41, 5.74) is 7.38. The normalized spacial score (nSPS) is 18.8. The minimum absolute atomic E-state index is 0.333. The SMILES string of the molecule is Cc1ccc(S(=O)(=O)N2CC3(Cc4ccccc4-c4ccccc43)c3ccccc32)cc1. The standard InChI is InChI=1S/C28H23NO2S/c1-20-14-16-22(17-15-20)32(30,31)29-19-28(26-12-6-7-13-27(26)29)18-21-8-2-3-9-23(21)24-10-4-5-11-25(24)28/h2-17H,18-19H2,1H3. The third-order valence-corrected chi connectivity index (χ3v) is 8.73. The molecule has 6 rings (SSSR count). The van der Waals surface area contributed by atoms with Gasteiger partial charge in [-0.05, 0) is 59.4 Å². The molecule has 0 amide bonds. The Morgan fingerprint density at radius 1 is 0.719 bits per heavy atom. The molecule has 0 saturated heterocycles. The maximum Gasteiger partial charge on any atom is 0.264 e. The number of nitrogens with zero attached hydrogens (tertiary/aromatic N) is 1. The molecule has 1 atom stereocenters. The topological polar surface area (TPSA) is 37.4 Å². The maximum absolute atomic E-state index is 13.8. The van der Waals surface area contributed by atoms with Crippen molar-refractivity contribution in [1.29, 1.82) is 0 Å². The van der Waals surface area contributed by atoms with Crippen molar-refractivity contribution in [2.75, 3.05) is 10.8 Å². The van der Waals surface area contributed by atoms with Crippen LogP contribution in [0.1, 0.15) is 22.3 Å². The Bertz CT molecular complexity index is 1460. The molecule has 1 aliphatic carbocycles. The molecule has 0 bridgehead atoms. The number of hydrogen-bond acceptors (Lipinski definition) is 2. The Morgan fingerprint density at radius 2 is 1.34 bits per heavy atom. The van der Waals surface area contributed by atoms with E-state index in [1.807, 2.05) is 37.3 Å². The second kappa shape index (κ2) is 6.81. The van der Waals surface area contributed by atoms with Gasteiger partial charge in [-0.2, -0.15) is 0 Å². The predicted octanol–water partition coefficient (Wildman–Crippen LogP) is 5.71. The number of rotatable bonds is 2. The summed E-state index contributed by atoms with van der Waals surface area (Å²) in [4.78, 5) is 0.333. The number of aryl methyl sites for hydroxylation is 1. The van der Waals surface area contributed by atoms with Gasteiger partial charge in [0.25, 0.3) is 10.0 Å². The summed E-state index contributed by atoms with van der Waals surface area (Å²) in [6, 6.07) is 32.1. The highest BCUT2D eigenvalue weighted by Crippen LogP contribution is 2.54. The molecule has 0 radical (unpaired) electrons. The van der Waals surface area contributed by atoms with E-state index in [2.05, 4.69) is 54.6 Å². The summed E-state index contributed by atoms with van der Waals surface area (Å²) < 4.78 is 29.3. The van der Waals surface area contributed by atoms with Gasteiger partial charge in [-0.15, -0.1) is 0 Å². The zero-order chi connectivity index (χ0) is 21.9. The van der Waals surface area contributed by atoms with Crippen LogP contribution in [0.4, 0.5) is 5.69 Å². The van der Waals surface area contributed by atoms with E-state index in [4.69, 9.17) is 0 Å². The number of sulfonamides is 1. The van der Waals surface area contributed by atoms with Crippen molar-refractivity contribution in [1.82, 2.24) is 0 Å². The van der Waals surface area contributed by atoms with E-state index >= 15 is 0 Å². The Hall–Kier alpha value is -3.37. The van der Waals surface area contributed by atoms with Crippen LogP contribution < -0.4 is 4.31 Å². The van der Waals surface area contributed by atoms with Crippen LogP contribution in [0.5, 0.6) is 0 Å². The first-order valence-electron chi connectivity index (χ1n) is 10.9. The molecule has 0 aromatic heterocycles. The monoisotopic (exact) mass is 437 g/mol. The van der Waals surface area contributed by atoms with Gasteiger partial charge in [0.2, 0.25) is 0 Å². The summed E-state index contributed by atoms with van der Waals surface area (Å²) in [6.45, 7) is 2.36. The van der Waals surface area contributed by atoms with Gasteiger partial charge < -0.3 is 0 Å². The highest BCUT2D eigenvalue weighted by Gasteiger charge is 2.50. The van der Waals surface area contributed by atoms with Gasteiger partial charge in [0.1, 0.15) is 0 Å². The highest BCUT2D eigenvalue weighted by molar-refractivity contribution is 7.92. The molecule has 1 aliphatic heterocycles. The average molecular weight is 438 g/mol. The average Bonchev–Trinajstić information content (AvgIpc) is 3.15. The summed E-state index contributed by atoms with van der Waals surface area (Å²) in [6.07, 6.45) is 0.775. The largest absolute Gasteiger partial charge is 0.265 e. The lowest BCUT2D eigenvalue weighted by molar-refractivity contribution is 0.537. The molecule has 4 aromatic carbocycles. The van der Waals surface area contributed by atoms with Crippen LogP contribution in [-0.2, 0) is 21.9 Å². The lowest BCUT2D eigenvalue weighted by Gasteiger charge is -2.38. The van der Waals surface area contributed by atoms with E-state index < -0.39 is 15.4 Å². The Balaban J connectivity index is 1.58. The molecule has 0 fully saturated rings. The minimum Gasteiger partial charge on any atom is -0.265 e. The molecule has 4 heteroatoms. The zero-order valence-corrected chi connectivity index (χ0v) is 18.6. The van der Waals surface area contributed by atoms with E-state index in [1.165, 1.54) is 22.3 Å². The van der Waals surface area contributed by atoms with E-state index in [0.717, 1.165) is 23.2 Å². The smallest absolute Gasteiger partial charge is 0.264 e. The second-order valence-corrected chi connectivity index (χ2v) is 10.7. The molecule has 4 aromatic rings. The first-order chi connectivity index (χ1) is 15.5. The van der Waals surface area contributed by atoms with Crippen LogP contribution >= 0.6 is 0 Å².